The number of ketones is 1. The van der Waals surface area contributed by atoms with Crippen molar-refractivity contribution in [1.82, 2.24) is 20.3 Å². The molecular formula is C11H18N4O3. The lowest BCUT2D eigenvalue weighted by Gasteiger charge is -2.19. The van der Waals surface area contributed by atoms with Gasteiger partial charge in [0, 0.05) is 13.2 Å². The van der Waals surface area contributed by atoms with E-state index in [0.29, 0.717) is 5.69 Å². The molecule has 100 valence electrons. The van der Waals surface area contributed by atoms with Crippen LogP contribution in [-0.2, 0) is 23.0 Å². The second-order valence-electron chi connectivity index (χ2n) is 4.95. The molecule has 1 aromatic heterocycles. The first-order valence-corrected chi connectivity index (χ1v) is 5.60. The van der Waals surface area contributed by atoms with Crippen LogP contribution in [0.4, 0.5) is 4.79 Å². The first kappa shape index (κ1) is 14.1. The molecule has 1 aromatic rings. The van der Waals surface area contributed by atoms with E-state index in [4.69, 9.17) is 4.74 Å². The lowest BCUT2D eigenvalue weighted by molar-refractivity contribution is -0.117. The Hall–Kier alpha value is -1.92. The Bertz CT molecular complexity index is 434. The lowest BCUT2D eigenvalue weighted by atomic mass is 10.2. The Kier molecular flexibility index (Phi) is 4.41. The van der Waals surface area contributed by atoms with Crippen LogP contribution in [0, 0.1) is 0 Å². The fourth-order valence-electron chi connectivity index (χ4n) is 1.23. The van der Waals surface area contributed by atoms with E-state index in [0.717, 1.165) is 0 Å². The van der Waals surface area contributed by atoms with Gasteiger partial charge < -0.3 is 10.1 Å². The molecule has 0 fully saturated rings. The molecule has 0 aromatic carbocycles. The van der Waals surface area contributed by atoms with E-state index >= 15 is 0 Å². The number of hydrogen-bond acceptors (Lipinski definition) is 5. The van der Waals surface area contributed by atoms with Gasteiger partial charge in [0.2, 0.25) is 0 Å². The highest BCUT2D eigenvalue weighted by atomic mass is 16.6. The van der Waals surface area contributed by atoms with Gasteiger partial charge >= 0.3 is 6.09 Å². The van der Waals surface area contributed by atoms with Crippen molar-refractivity contribution in [3.63, 3.8) is 0 Å². The minimum absolute atomic E-state index is 0.0779. The molecule has 7 heteroatoms. The molecule has 1 amide bonds. The smallest absolute Gasteiger partial charge is 0.408 e. The van der Waals surface area contributed by atoms with Crippen molar-refractivity contribution < 1.29 is 14.3 Å². The minimum atomic E-state index is -0.602. The van der Waals surface area contributed by atoms with Gasteiger partial charge in [-0.05, 0) is 20.8 Å². The van der Waals surface area contributed by atoms with Crippen LogP contribution in [0.15, 0.2) is 6.20 Å². The van der Waals surface area contributed by atoms with Crippen molar-refractivity contribution >= 4 is 11.9 Å². The Morgan fingerprint density at radius 3 is 2.61 bits per heavy atom. The number of ether oxygens (including phenoxy) is 1. The van der Waals surface area contributed by atoms with Gasteiger partial charge in [-0.1, -0.05) is 5.21 Å². The topological polar surface area (TPSA) is 86.1 Å². The zero-order chi connectivity index (χ0) is 13.8. The molecule has 0 saturated heterocycles. The number of rotatable bonds is 4. The molecule has 0 bridgehead atoms. The largest absolute Gasteiger partial charge is 0.444 e. The van der Waals surface area contributed by atoms with E-state index in [1.165, 1.54) is 4.68 Å². The highest BCUT2D eigenvalue weighted by Crippen LogP contribution is 2.06. The van der Waals surface area contributed by atoms with Gasteiger partial charge in [-0.25, -0.2) is 4.79 Å². The van der Waals surface area contributed by atoms with Gasteiger partial charge in [0.05, 0.1) is 18.7 Å². The Morgan fingerprint density at radius 2 is 2.11 bits per heavy atom. The molecule has 1 rings (SSSR count). The Morgan fingerprint density at radius 1 is 1.44 bits per heavy atom. The normalized spacial score (nSPS) is 11.1. The Balaban J connectivity index is 2.31. The summed E-state index contributed by atoms with van der Waals surface area (Å²) in [5, 5.41) is 9.91. The van der Waals surface area contributed by atoms with Gasteiger partial charge in [-0.15, -0.1) is 5.10 Å². The van der Waals surface area contributed by atoms with Gasteiger partial charge in [0.1, 0.15) is 5.60 Å². The molecule has 1 heterocycles. The van der Waals surface area contributed by atoms with E-state index in [9.17, 15) is 9.59 Å². The number of alkyl carbamates (subject to hydrolysis) is 1. The molecule has 1 N–H and O–H groups in total. The van der Waals surface area contributed by atoms with Crippen LogP contribution in [0.1, 0.15) is 26.5 Å². The number of amides is 1. The van der Waals surface area contributed by atoms with Crippen molar-refractivity contribution in [1.29, 1.82) is 0 Å². The first-order chi connectivity index (χ1) is 8.26. The van der Waals surface area contributed by atoms with E-state index in [-0.39, 0.29) is 18.7 Å². The lowest BCUT2D eigenvalue weighted by Crippen LogP contribution is -2.35. The molecule has 0 aliphatic rings. The third-order valence-corrected chi connectivity index (χ3v) is 1.86. The van der Waals surface area contributed by atoms with Gasteiger partial charge in [0.15, 0.2) is 5.78 Å². The number of nitrogens with one attached hydrogen (secondary N) is 1. The van der Waals surface area contributed by atoms with Crippen LogP contribution in [0.5, 0.6) is 0 Å². The van der Waals surface area contributed by atoms with Gasteiger partial charge in [0.25, 0.3) is 0 Å². The minimum Gasteiger partial charge on any atom is -0.444 e. The number of aromatic nitrogens is 3. The number of hydrogen-bond donors (Lipinski definition) is 1. The second kappa shape index (κ2) is 5.61. The number of Topliss-reactive ketones (excluding diaryl/α,β-unsaturated/α-hetero) is 1. The monoisotopic (exact) mass is 254 g/mol. The number of nitrogens with zero attached hydrogens (tertiary/aromatic N) is 3. The van der Waals surface area contributed by atoms with E-state index in [1.54, 1.807) is 34.0 Å². The molecule has 0 atom stereocenters. The number of carbonyl (C=O) groups is 2. The van der Waals surface area contributed by atoms with Crippen LogP contribution in [0.2, 0.25) is 0 Å². The molecule has 0 unspecified atom stereocenters. The standard InChI is InChI=1S/C11H18N4O3/c1-11(2,3)18-10(17)12-6-9(16)5-8-7-15(4)14-13-8/h7H,5-6H2,1-4H3,(H,12,17). The maximum Gasteiger partial charge on any atom is 0.408 e. The fraction of sp³-hybridized carbons (Fsp3) is 0.636. The third kappa shape index (κ3) is 5.42. The summed E-state index contributed by atoms with van der Waals surface area (Å²) in [6.45, 7) is 5.20. The molecule has 0 aliphatic carbocycles. The van der Waals surface area contributed by atoms with Crippen LogP contribution < -0.4 is 5.32 Å². The predicted molar refractivity (Wildman–Crippen MR) is 64.0 cm³/mol. The molecule has 0 radical (unpaired) electrons. The highest BCUT2D eigenvalue weighted by Gasteiger charge is 2.16. The maximum absolute atomic E-state index is 11.5. The first-order valence-electron chi connectivity index (χ1n) is 5.60. The second-order valence-corrected chi connectivity index (χ2v) is 4.95. The zero-order valence-electron chi connectivity index (χ0n) is 11.1. The van der Waals surface area contributed by atoms with Crippen molar-refractivity contribution in [2.75, 3.05) is 6.54 Å². The fourth-order valence-corrected chi connectivity index (χ4v) is 1.23. The predicted octanol–water partition coefficient (Wildman–Crippen LogP) is 0.451. The van der Waals surface area contributed by atoms with Crippen LogP contribution in [0.3, 0.4) is 0 Å². The summed E-state index contributed by atoms with van der Waals surface area (Å²) in [6, 6.07) is 0. The summed E-state index contributed by atoms with van der Waals surface area (Å²) in [6.07, 6.45) is 1.20. The van der Waals surface area contributed by atoms with Crippen LogP contribution >= 0.6 is 0 Å². The molecule has 18 heavy (non-hydrogen) atoms. The van der Waals surface area contributed by atoms with E-state index in [1.807, 2.05) is 0 Å². The van der Waals surface area contributed by atoms with Gasteiger partial charge in [-0.2, -0.15) is 0 Å². The molecule has 0 spiro atoms. The summed E-state index contributed by atoms with van der Waals surface area (Å²) in [4.78, 5) is 22.8. The summed E-state index contributed by atoms with van der Waals surface area (Å²) in [7, 11) is 1.72. The molecule has 0 saturated carbocycles. The van der Waals surface area contributed by atoms with Crippen molar-refractivity contribution in [3.8, 4) is 0 Å². The average Bonchev–Trinajstić information content (AvgIpc) is 2.58. The SMILES string of the molecule is Cn1cc(CC(=O)CNC(=O)OC(C)(C)C)nn1. The van der Waals surface area contributed by atoms with E-state index < -0.39 is 11.7 Å². The van der Waals surface area contributed by atoms with E-state index in [2.05, 4.69) is 15.6 Å². The van der Waals surface area contributed by atoms with Gasteiger partial charge in [-0.3, -0.25) is 9.48 Å². The van der Waals surface area contributed by atoms with Crippen molar-refractivity contribution in [2.24, 2.45) is 7.05 Å². The third-order valence-electron chi connectivity index (χ3n) is 1.86. The number of aryl methyl sites for hydroxylation is 1. The summed E-state index contributed by atoms with van der Waals surface area (Å²) in [5.74, 6) is -0.152. The number of carbonyl (C=O) groups excluding carboxylic acids is 2. The molecule has 7 nitrogen and oxygen atoms in total. The molecular weight excluding hydrogens is 236 g/mol. The Labute approximate surface area is 105 Å². The summed E-state index contributed by atoms with van der Waals surface area (Å²) in [5.41, 5.74) is 0.00591. The van der Waals surface area contributed by atoms with Crippen LogP contribution in [0.25, 0.3) is 0 Å². The average molecular weight is 254 g/mol. The van der Waals surface area contributed by atoms with Crippen molar-refractivity contribution in [2.45, 2.75) is 32.8 Å². The summed E-state index contributed by atoms with van der Waals surface area (Å²) < 4.78 is 6.53. The summed E-state index contributed by atoms with van der Waals surface area (Å²) >= 11 is 0. The maximum atomic E-state index is 11.5. The van der Waals surface area contributed by atoms with Crippen LogP contribution in [-0.4, -0.2) is 39.0 Å². The van der Waals surface area contributed by atoms with Crippen molar-refractivity contribution in [3.05, 3.63) is 11.9 Å². The zero-order valence-corrected chi connectivity index (χ0v) is 11.1. The quantitative estimate of drug-likeness (QED) is 0.843. The molecule has 0 aliphatic heterocycles. The highest BCUT2D eigenvalue weighted by molar-refractivity contribution is 5.85.